The standard InChI is InChI=1S/C18H23N3OS/c1-3-13-12-21-9-8-14(13)10-16(21)11-19-18(23)20-15-4-6-17(22-2)7-5-15/h1,4-7,13-14,16H,8-12H2,2H3,(H2,19,20,23)/t13-,14+,16+/m0/s1. The number of rotatable bonds is 4. The predicted molar refractivity (Wildman–Crippen MR) is 97.6 cm³/mol. The minimum atomic E-state index is 0.435. The van der Waals surface area contributed by atoms with Crippen molar-refractivity contribution in [1.82, 2.24) is 10.2 Å². The maximum Gasteiger partial charge on any atom is 0.170 e. The SMILES string of the molecule is C#C[C@H]1CN2CC[C@@H]1C[C@@H]2CNC(=S)Nc1ccc(OC)cc1. The van der Waals surface area contributed by atoms with Crippen LogP contribution in [0.5, 0.6) is 5.75 Å². The van der Waals surface area contributed by atoms with Crippen LogP contribution in [-0.4, -0.2) is 42.8 Å². The molecule has 1 aromatic rings. The fraction of sp³-hybridized carbons (Fsp3) is 0.500. The molecule has 5 heteroatoms. The Morgan fingerprint density at radius 1 is 1.43 bits per heavy atom. The second kappa shape index (κ2) is 7.20. The fourth-order valence-corrected chi connectivity index (χ4v) is 3.80. The highest BCUT2D eigenvalue weighted by molar-refractivity contribution is 7.80. The predicted octanol–water partition coefficient (Wildman–Crippen LogP) is 2.33. The zero-order chi connectivity index (χ0) is 16.2. The Bertz CT molecular complexity index is 595. The van der Waals surface area contributed by atoms with Gasteiger partial charge >= 0.3 is 0 Å². The van der Waals surface area contributed by atoms with Gasteiger partial charge in [0.2, 0.25) is 0 Å². The summed E-state index contributed by atoms with van der Waals surface area (Å²) in [4.78, 5) is 2.51. The summed E-state index contributed by atoms with van der Waals surface area (Å²) in [6.45, 7) is 3.07. The minimum Gasteiger partial charge on any atom is -0.497 e. The molecule has 0 spiro atoms. The van der Waals surface area contributed by atoms with E-state index in [1.165, 1.54) is 12.8 Å². The average molecular weight is 329 g/mol. The van der Waals surface area contributed by atoms with Crippen LogP contribution in [0.4, 0.5) is 5.69 Å². The first kappa shape index (κ1) is 16.1. The molecule has 0 aromatic heterocycles. The Kier molecular flexibility index (Phi) is 5.04. The molecule has 3 aliphatic rings. The molecule has 4 nitrogen and oxygen atoms in total. The highest BCUT2D eigenvalue weighted by atomic mass is 32.1. The summed E-state index contributed by atoms with van der Waals surface area (Å²) in [6, 6.07) is 8.27. The van der Waals surface area contributed by atoms with E-state index in [0.29, 0.717) is 23.0 Å². The van der Waals surface area contributed by atoms with Crippen LogP contribution >= 0.6 is 12.2 Å². The number of terminal acetylenes is 1. The van der Waals surface area contributed by atoms with E-state index in [9.17, 15) is 0 Å². The van der Waals surface area contributed by atoms with Gasteiger partial charge in [0.15, 0.2) is 5.11 Å². The number of nitrogens with one attached hydrogen (secondary N) is 2. The largest absolute Gasteiger partial charge is 0.497 e. The van der Waals surface area contributed by atoms with Gasteiger partial charge in [-0.3, -0.25) is 4.90 Å². The summed E-state index contributed by atoms with van der Waals surface area (Å²) in [5.74, 6) is 4.90. The van der Waals surface area contributed by atoms with Crippen LogP contribution in [0.25, 0.3) is 0 Å². The Morgan fingerprint density at radius 2 is 2.22 bits per heavy atom. The van der Waals surface area contributed by atoms with E-state index in [2.05, 4.69) is 21.5 Å². The number of fused-ring (bicyclic) bond motifs is 3. The third kappa shape index (κ3) is 3.77. The molecule has 0 amide bonds. The molecule has 0 aliphatic carbocycles. The Balaban J connectivity index is 1.47. The van der Waals surface area contributed by atoms with Gasteiger partial charge in [-0.05, 0) is 61.8 Å². The van der Waals surface area contributed by atoms with Gasteiger partial charge < -0.3 is 15.4 Å². The van der Waals surface area contributed by atoms with Crippen molar-refractivity contribution in [3.63, 3.8) is 0 Å². The molecule has 2 N–H and O–H groups in total. The van der Waals surface area contributed by atoms with Crippen molar-refractivity contribution in [2.75, 3.05) is 32.1 Å². The first-order valence-corrected chi connectivity index (χ1v) is 8.49. The van der Waals surface area contributed by atoms with Gasteiger partial charge in [0.25, 0.3) is 0 Å². The second-order valence-electron chi connectivity index (χ2n) is 6.27. The molecule has 0 saturated carbocycles. The van der Waals surface area contributed by atoms with Crippen molar-refractivity contribution in [2.45, 2.75) is 18.9 Å². The van der Waals surface area contributed by atoms with E-state index in [0.717, 1.165) is 31.1 Å². The van der Waals surface area contributed by atoms with Gasteiger partial charge in [-0.15, -0.1) is 12.3 Å². The van der Waals surface area contributed by atoms with Crippen molar-refractivity contribution < 1.29 is 4.74 Å². The third-order valence-electron chi connectivity index (χ3n) is 4.94. The summed E-state index contributed by atoms with van der Waals surface area (Å²) < 4.78 is 5.15. The fourth-order valence-electron chi connectivity index (χ4n) is 3.60. The molecular weight excluding hydrogens is 306 g/mol. The van der Waals surface area contributed by atoms with Gasteiger partial charge in [-0.2, -0.15) is 0 Å². The normalized spacial score (nSPS) is 28.7. The number of ether oxygens (including phenoxy) is 1. The lowest BCUT2D eigenvalue weighted by Gasteiger charge is -2.48. The van der Waals surface area contributed by atoms with Gasteiger partial charge in [0, 0.05) is 30.7 Å². The summed E-state index contributed by atoms with van der Waals surface area (Å²) in [7, 11) is 1.66. The van der Waals surface area contributed by atoms with Crippen molar-refractivity contribution in [2.24, 2.45) is 11.8 Å². The molecule has 4 rings (SSSR count). The average Bonchev–Trinajstić information content (AvgIpc) is 2.61. The Morgan fingerprint density at radius 3 is 2.83 bits per heavy atom. The van der Waals surface area contributed by atoms with Crippen LogP contribution in [0.3, 0.4) is 0 Å². The van der Waals surface area contributed by atoms with E-state index in [4.69, 9.17) is 23.4 Å². The molecule has 23 heavy (non-hydrogen) atoms. The molecular formula is C18H23N3OS. The molecule has 3 fully saturated rings. The lowest BCUT2D eigenvalue weighted by Crippen LogP contribution is -2.56. The van der Waals surface area contributed by atoms with Crippen molar-refractivity contribution in [3.05, 3.63) is 24.3 Å². The lowest BCUT2D eigenvalue weighted by atomic mass is 9.76. The highest BCUT2D eigenvalue weighted by Gasteiger charge is 2.38. The third-order valence-corrected chi connectivity index (χ3v) is 5.19. The van der Waals surface area contributed by atoms with Crippen LogP contribution in [0.15, 0.2) is 24.3 Å². The Hall–Kier alpha value is -1.77. The number of benzene rings is 1. The van der Waals surface area contributed by atoms with Crippen LogP contribution in [0.2, 0.25) is 0 Å². The monoisotopic (exact) mass is 329 g/mol. The van der Waals surface area contributed by atoms with Gasteiger partial charge in [0.05, 0.1) is 7.11 Å². The van der Waals surface area contributed by atoms with E-state index < -0.39 is 0 Å². The summed E-state index contributed by atoms with van der Waals surface area (Å²) in [5, 5.41) is 7.21. The number of piperidine rings is 3. The number of nitrogens with zero attached hydrogens (tertiary/aromatic N) is 1. The number of hydrogen-bond acceptors (Lipinski definition) is 3. The molecule has 1 unspecified atom stereocenters. The van der Waals surface area contributed by atoms with Gasteiger partial charge in [-0.1, -0.05) is 0 Å². The molecule has 122 valence electrons. The number of thiocarbonyl (C=S) groups is 1. The van der Waals surface area contributed by atoms with Crippen molar-refractivity contribution in [1.29, 1.82) is 0 Å². The van der Waals surface area contributed by atoms with Crippen molar-refractivity contribution >= 4 is 23.0 Å². The summed E-state index contributed by atoms with van der Waals surface area (Å²) in [5.41, 5.74) is 0.959. The van der Waals surface area contributed by atoms with Crippen LogP contribution in [0, 0.1) is 24.2 Å². The molecule has 4 atom stereocenters. The van der Waals surface area contributed by atoms with Gasteiger partial charge in [0.1, 0.15) is 5.75 Å². The van der Waals surface area contributed by atoms with E-state index in [-0.39, 0.29) is 0 Å². The number of hydrogen-bond donors (Lipinski definition) is 2. The molecule has 0 radical (unpaired) electrons. The number of methoxy groups -OCH3 is 1. The van der Waals surface area contributed by atoms with Crippen LogP contribution in [0.1, 0.15) is 12.8 Å². The quantitative estimate of drug-likeness (QED) is 0.655. The van der Waals surface area contributed by atoms with E-state index in [1.54, 1.807) is 7.11 Å². The smallest absolute Gasteiger partial charge is 0.170 e. The molecule has 3 aliphatic heterocycles. The molecule has 3 saturated heterocycles. The first-order chi connectivity index (χ1) is 11.2. The lowest BCUT2D eigenvalue weighted by molar-refractivity contribution is 0.0248. The first-order valence-electron chi connectivity index (χ1n) is 8.08. The topological polar surface area (TPSA) is 36.5 Å². The highest BCUT2D eigenvalue weighted by Crippen LogP contribution is 2.35. The second-order valence-corrected chi connectivity index (χ2v) is 6.68. The molecule has 1 aromatic carbocycles. The minimum absolute atomic E-state index is 0.435. The maximum atomic E-state index is 5.63. The Labute approximate surface area is 143 Å². The zero-order valence-electron chi connectivity index (χ0n) is 13.4. The van der Waals surface area contributed by atoms with E-state index >= 15 is 0 Å². The van der Waals surface area contributed by atoms with Crippen LogP contribution in [-0.2, 0) is 0 Å². The van der Waals surface area contributed by atoms with Crippen molar-refractivity contribution in [3.8, 4) is 18.1 Å². The maximum absolute atomic E-state index is 5.63. The molecule has 3 heterocycles. The molecule has 2 bridgehead atoms. The van der Waals surface area contributed by atoms with E-state index in [1.807, 2.05) is 24.3 Å². The summed E-state index contributed by atoms with van der Waals surface area (Å²) in [6.07, 6.45) is 8.04. The summed E-state index contributed by atoms with van der Waals surface area (Å²) >= 11 is 5.39. The van der Waals surface area contributed by atoms with Gasteiger partial charge in [-0.25, -0.2) is 0 Å². The zero-order valence-corrected chi connectivity index (χ0v) is 14.2. The number of anilines is 1. The van der Waals surface area contributed by atoms with Crippen LogP contribution < -0.4 is 15.4 Å².